The fourth-order valence-corrected chi connectivity index (χ4v) is 4.11. The summed E-state index contributed by atoms with van der Waals surface area (Å²) in [5.41, 5.74) is -0.277. The van der Waals surface area contributed by atoms with Crippen LogP contribution in [0.1, 0.15) is 23.7 Å². The largest absolute Gasteiger partial charge is 0.493 e. The fraction of sp³-hybridized carbons (Fsp3) is 0.222. The highest BCUT2D eigenvalue weighted by molar-refractivity contribution is 7.91. The van der Waals surface area contributed by atoms with Gasteiger partial charge in [0.25, 0.3) is 0 Å². The van der Waals surface area contributed by atoms with Crippen molar-refractivity contribution in [3.05, 3.63) is 46.1 Å². The second kappa shape index (κ2) is 6.45. The number of aromatic carboxylic acids is 1. The van der Waals surface area contributed by atoms with Crippen LogP contribution in [0.15, 0.2) is 44.4 Å². The van der Waals surface area contributed by atoms with Gasteiger partial charge in [-0.25, -0.2) is 13.2 Å². The predicted molar refractivity (Wildman–Crippen MR) is 95.8 cm³/mol. The Kier molecular flexibility index (Phi) is 4.45. The zero-order valence-corrected chi connectivity index (χ0v) is 14.9. The molecule has 1 N–H and O–H groups in total. The monoisotopic (exact) mass is 376 g/mol. The van der Waals surface area contributed by atoms with Gasteiger partial charge >= 0.3 is 5.97 Å². The van der Waals surface area contributed by atoms with Crippen molar-refractivity contribution in [2.45, 2.75) is 18.2 Å². The van der Waals surface area contributed by atoms with Crippen LogP contribution in [0.4, 0.5) is 0 Å². The molecule has 3 aromatic rings. The molecule has 0 fully saturated rings. The topological polar surface area (TPSA) is 111 Å². The first-order valence-electron chi connectivity index (χ1n) is 7.83. The molecule has 8 heteroatoms. The Hall–Kier alpha value is -2.87. The summed E-state index contributed by atoms with van der Waals surface area (Å²) in [5, 5.41) is 9.19. The number of carbonyl (C=O) groups is 1. The van der Waals surface area contributed by atoms with Gasteiger partial charge < -0.3 is 14.3 Å². The number of rotatable bonds is 5. The molecule has 0 aliphatic rings. The van der Waals surface area contributed by atoms with Crippen molar-refractivity contribution in [2.24, 2.45) is 0 Å². The maximum Gasteiger partial charge on any atom is 0.335 e. The number of carboxylic acids is 1. The van der Waals surface area contributed by atoms with E-state index in [0.717, 1.165) is 0 Å². The van der Waals surface area contributed by atoms with E-state index >= 15 is 0 Å². The number of ether oxygens (including phenoxy) is 1. The number of fused-ring (bicyclic) bond motifs is 2. The molecule has 0 aliphatic heterocycles. The van der Waals surface area contributed by atoms with E-state index in [9.17, 15) is 18.0 Å². The number of carboxylic acid groups (broad SMARTS) is 1. The van der Waals surface area contributed by atoms with Gasteiger partial charge in [0.1, 0.15) is 5.58 Å². The van der Waals surface area contributed by atoms with Crippen molar-refractivity contribution in [1.29, 1.82) is 0 Å². The molecule has 0 saturated heterocycles. The SMILES string of the molecule is CCCS(=O)(=O)c1cc(OC)c2oc3ccc(C(=O)O)cc3c(=O)c2c1. The minimum Gasteiger partial charge on any atom is -0.493 e. The predicted octanol–water partition coefficient (Wildman–Crippen LogP) is 2.84. The number of methoxy groups -OCH3 is 1. The van der Waals surface area contributed by atoms with Crippen molar-refractivity contribution < 1.29 is 27.5 Å². The van der Waals surface area contributed by atoms with E-state index < -0.39 is 21.2 Å². The molecule has 26 heavy (non-hydrogen) atoms. The summed E-state index contributed by atoms with van der Waals surface area (Å²) in [6.45, 7) is 1.74. The summed E-state index contributed by atoms with van der Waals surface area (Å²) < 4.78 is 35.7. The van der Waals surface area contributed by atoms with E-state index in [-0.39, 0.29) is 43.9 Å². The normalized spacial score (nSPS) is 11.8. The fourth-order valence-electron chi connectivity index (χ4n) is 2.75. The van der Waals surface area contributed by atoms with Crippen molar-refractivity contribution in [1.82, 2.24) is 0 Å². The Labute approximate surface area is 148 Å². The summed E-state index contributed by atoms with van der Waals surface area (Å²) in [5.74, 6) is -1.12. The minimum atomic E-state index is -3.58. The molecule has 136 valence electrons. The first kappa shape index (κ1) is 17.9. The van der Waals surface area contributed by atoms with Gasteiger partial charge in [0.15, 0.2) is 21.2 Å². The summed E-state index contributed by atoms with van der Waals surface area (Å²) in [6.07, 6.45) is 0.428. The lowest BCUT2D eigenvalue weighted by atomic mass is 10.1. The zero-order valence-electron chi connectivity index (χ0n) is 14.1. The first-order chi connectivity index (χ1) is 12.3. The standard InChI is InChI=1S/C18H16O7S/c1-3-6-26(22,23)11-8-13-16(19)12-7-10(18(20)21)4-5-14(12)25-17(13)15(9-11)24-2/h4-5,7-9H,3,6H2,1-2H3,(H,20,21). The zero-order chi connectivity index (χ0) is 19.1. The summed E-state index contributed by atoms with van der Waals surface area (Å²) in [7, 11) is -2.23. The summed E-state index contributed by atoms with van der Waals surface area (Å²) in [6, 6.07) is 6.50. The smallest absolute Gasteiger partial charge is 0.335 e. The van der Waals surface area contributed by atoms with Crippen LogP contribution in [0.3, 0.4) is 0 Å². The van der Waals surface area contributed by atoms with E-state index in [1.54, 1.807) is 6.92 Å². The molecule has 0 bridgehead atoms. The number of hydrogen-bond acceptors (Lipinski definition) is 6. The molecule has 0 unspecified atom stereocenters. The van der Waals surface area contributed by atoms with Gasteiger partial charge in [0, 0.05) is 6.07 Å². The van der Waals surface area contributed by atoms with Crippen molar-refractivity contribution in [3.63, 3.8) is 0 Å². The Morgan fingerprint density at radius 3 is 2.54 bits per heavy atom. The number of sulfone groups is 1. The number of hydrogen-bond donors (Lipinski definition) is 1. The maximum absolute atomic E-state index is 12.9. The van der Waals surface area contributed by atoms with Crippen LogP contribution in [0.5, 0.6) is 5.75 Å². The Morgan fingerprint density at radius 1 is 1.19 bits per heavy atom. The van der Waals surface area contributed by atoms with Crippen LogP contribution in [-0.4, -0.2) is 32.4 Å². The molecule has 1 heterocycles. The molecule has 0 radical (unpaired) electrons. The van der Waals surface area contributed by atoms with Gasteiger partial charge in [-0.05, 0) is 30.7 Å². The highest BCUT2D eigenvalue weighted by Crippen LogP contribution is 2.31. The average Bonchev–Trinajstić information content (AvgIpc) is 2.60. The van der Waals surface area contributed by atoms with Gasteiger partial charge in [0.2, 0.25) is 5.43 Å². The average molecular weight is 376 g/mol. The van der Waals surface area contributed by atoms with Crippen LogP contribution in [0.2, 0.25) is 0 Å². The quantitative estimate of drug-likeness (QED) is 0.682. The molecule has 3 rings (SSSR count). The van der Waals surface area contributed by atoms with E-state index in [1.165, 1.54) is 37.4 Å². The Morgan fingerprint density at radius 2 is 1.92 bits per heavy atom. The van der Waals surface area contributed by atoms with Gasteiger partial charge in [-0.15, -0.1) is 0 Å². The molecule has 0 spiro atoms. The third-order valence-electron chi connectivity index (χ3n) is 4.01. The van der Waals surface area contributed by atoms with E-state index in [1.807, 2.05) is 0 Å². The highest BCUT2D eigenvalue weighted by atomic mass is 32.2. The molecule has 0 aliphatic carbocycles. The van der Waals surface area contributed by atoms with Crippen LogP contribution >= 0.6 is 0 Å². The summed E-state index contributed by atoms with van der Waals surface area (Å²) in [4.78, 5) is 24.0. The van der Waals surface area contributed by atoms with Crippen LogP contribution in [-0.2, 0) is 9.84 Å². The van der Waals surface area contributed by atoms with Crippen LogP contribution in [0.25, 0.3) is 21.9 Å². The Bertz CT molecular complexity index is 1190. The molecule has 1 aromatic heterocycles. The van der Waals surface area contributed by atoms with Crippen molar-refractivity contribution in [3.8, 4) is 5.75 Å². The lowest BCUT2D eigenvalue weighted by molar-refractivity contribution is 0.0697. The van der Waals surface area contributed by atoms with Crippen molar-refractivity contribution >= 4 is 37.7 Å². The van der Waals surface area contributed by atoms with Gasteiger partial charge in [-0.1, -0.05) is 6.92 Å². The minimum absolute atomic E-state index is 0.0223. The third-order valence-corrected chi connectivity index (χ3v) is 5.91. The first-order valence-corrected chi connectivity index (χ1v) is 9.48. The number of benzene rings is 2. The molecule has 0 saturated carbocycles. The third kappa shape index (κ3) is 2.92. The second-order valence-electron chi connectivity index (χ2n) is 5.77. The lowest BCUT2D eigenvalue weighted by Crippen LogP contribution is -2.09. The highest BCUT2D eigenvalue weighted by Gasteiger charge is 2.20. The van der Waals surface area contributed by atoms with Crippen LogP contribution < -0.4 is 10.2 Å². The molecule has 7 nitrogen and oxygen atoms in total. The molecule has 0 atom stereocenters. The van der Waals surface area contributed by atoms with Crippen LogP contribution in [0, 0.1) is 0 Å². The van der Waals surface area contributed by atoms with Crippen molar-refractivity contribution in [2.75, 3.05) is 12.9 Å². The van der Waals surface area contributed by atoms with E-state index in [2.05, 4.69) is 0 Å². The maximum atomic E-state index is 12.9. The molecule has 2 aromatic carbocycles. The molecular formula is C18H16O7S. The van der Waals surface area contributed by atoms with Gasteiger partial charge in [-0.2, -0.15) is 0 Å². The van der Waals surface area contributed by atoms with E-state index in [4.69, 9.17) is 14.3 Å². The Balaban J connectivity index is 2.42. The van der Waals surface area contributed by atoms with Gasteiger partial charge in [-0.3, -0.25) is 4.79 Å². The molecular weight excluding hydrogens is 360 g/mol. The van der Waals surface area contributed by atoms with Gasteiger partial charge in [0.05, 0.1) is 34.1 Å². The second-order valence-corrected chi connectivity index (χ2v) is 7.88. The van der Waals surface area contributed by atoms with E-state index in [0.29, 0.717) is 6.42 Å². The molecule has 0 amide bonds. The summed E-state index contributed by atoms with van der Waals surface area (Å²) >= 11 is 0. The lowest BCUT2D eigenvalue weighted by Gasteiger charge is -2.10.